The molecule has 0 spiro atoms. The van der Waals surface area contributed by atoms with E-state index in [9.17, 15) is 4.79 Å². The van der Waals surface area contributed by atoms with Gasteiger partial charge in [0.2, 0.25) is 0 Å². The van der Waals surface area contributed by atoms with Crippen LogP contribution in [0.1, 0.15) is 61.5 Å². The first kappa shape index (κ1) is 13.8. The van der Waals surface area contributed by atoms with Crippen molar-refractivity contribution < 1.29 is 4.79 Å². The molecule has 4 nitrogen and oxygen atoms in total. The van der Waals surface area contributed by atoms with Gasteiger partial charge in [0.05, 0.1) is 0 Å². The van der Waals surface area contributed by atoms with Crippen molar-refractivity contribution in [2.75, 3.05) is 18.8 Å². The Hall–Kier alpha value is -1.58. The van der Waals surface area contributed by atoms with Crippen molar-refractivity contribution >= 4 is 11.7 Å². The van der Waals surface area contributed by atoms with Crippen LogP contribution in [-0.2, 0) is 0 Å². The third-order valence-electron chi connectivity index (χ3n) is 3.60. The van der Waals surface area contributed by atoms with Crippen molar-refractivity contribution in [1.29, 1.82) is 0 Å². The molecule has 0 aliphatic carbocycles. The zero-order valence-corrected chi connectivity index (χ0v) is 11.9. The molecule has 1 aliphatic rings. The first-order valence-corrected chi connectivity index (χ1v) is 7.14. The van der Waals surface area contributed by atoms with Gasteiger partial charge in [-0.25, -0.2) is 4.98 Å². The van der Waals surface area contributed by atoms with Crippen LogP contribution in [0, 0.1) is 0 Å². The Balaban J connectivity index is 2.22. The van der Waals surface area contributed by atoms with E-state index in [1.165, 1.54) is 12.8 Å². The molecule has 0 saturated carbocycles. The number of nitrogen functional groups attached to an aromatic ring is 1. The average molecular weight is 261 g/mol. The molecule has 4 heteroatoms. The van der Waals surface area contributed by atoms with Gasteiger partial charge in [0.1, 0.15) is 5.82 Å². The molecule has 0 radical (unpaired) electrons. The largest absolute Gasteiger partial charge is 0.384 e. The first-order chi connectivity index (χ1) is 9.08. The number of amides is 1. The molecule has 1 aliphatic heterocycles. The highest BCUT2D eigenvalue weighted by Crippen LogP contribution is 2.19. The Morgan fingerprint density at radius 1 is 1.21 bits per heavy atom. The minimum atomic E-state index is 0.0953. The van der Waals surface area contributed by atoms with Crippen molar-refractivity contribution in [2.45, 2.75) is 45.4 Å². The summed E-state index contributed by atoms with van der Waals surface area (Å²) in [5.41, 5.74) is 7.38. The van der Waals surface area contributed by atoms with Crippen LogP contribution in [0.15, 0.2) is 12.1 Å². The Morgan fingerprint density at radius 2 is 1.84 bits per heavy atom. The molecule has 0 atom stereocenters. The molecule has 2 heterocycles. The van der Waals surface area contributed by atoms with E-state index in [2.05, 4.69) is 18.8 Å². The summed E-state index contributed by atoms with van der Waals surface area (Å²) in [5.74, 6) is 0.807. The topological polar surface area (TPSA) is 59.2 Å². The molecule has 1 aromatic rings. The van der Waals surface area contributed by atoms with Crippen molar-refractivity contribution in [2.24, 2.45) is 0 Å². The molecular weight excluding hydrogens is 238 g/mol. The summed E-state index contributed by atoms with van der Waals surface area (Å²) >= 11 is 0. The maximum atomic E-state index is 12.5. The highest BCUT2D eigenvalue weighted by molar-refractivity contribution is 5.95. The van der Waals surface area contributed by atoms with Gasteiger partial charge in [-0.15, -0.1) is 0 Å². The van der Waals surface area contributed by atoms with Crippen molar-refractivity contribution in [1.82, 2.24) is 9.88 Å². The van der Waals surface area contributed by atoms with Gasteiger partial charge in [0, 0.05) is 24.3 Å². The smallest absolute Gasteiger partial charge is 0.254 e. The molecular formula is C15H23N3O. The van der Waals surface area contributed by atoms with Crippen molar-refractivity contribution in [3.05, 3.63) is 23.4 Å². The number of nitrogens with two attached hydrogens (primary N) is 1. The normalized spacial score (nSPS) is 16.5. The van der Waals surface area contributed by atoms with E-state index in [-0.39, 0.29) is 11.8 Å². The summed E-state index contributed by atoms with van der Waals surface area (Å²) in [6.45, 7) is 5.83. The second-order valence-electron chi connectivity index (χ2n) is 5.57. The highest BCUT2D eigenvalue weighted by Gasteiger charge is 2.18. The van der Waals surface area contributed by atoms with E-state index in [0.717, 1.165) is 31.6 Å². The summed E-state index contributed by atoms with van der Waals surface area (Å²) in [5, 5.41) is 0. The van der Waals surface area contributed by atoms with E-state index in [1.54, 1.807) is 6.07 Å². The summed E-state index contributed by atoms with van der Waals surface area (Å²) < 4.78 is 0. The summed E-state index contributed by atoms with van der Waals surface area (Å²) in [6.07, 6.45) is 4.64. The van der Waals surface area contributed by atoms with Crippen LogP contribution < -0.4 is 5.73 Å². The van der Waals surface area contributed by atoms with Gasteiger partial charge in [0.25, 0.3) is 5.91 Å². The van der Waals surface area contributed by atoms with Gasteiger partial charge in [-0.2, -0.15) is 0 Å². The van der Waals surface area contributed by atoms with E-state index in [0.29, 0.717) is 11.4 Å². The number of hydrogen-bond donors (Lipinski definition) is 1. The number of carbonyl (C=O) groups is 1. The van der Waals surface area contributed by atoms with Gasteiger partial charge in [-0.1, -0.05) is 26.7 Å². The number of likely N-dealkylation sites (tertiary alicyclic amines) is 1. The number of aromatic nitrogens is 1. The van der Waals surface area contributed by atoms with Crippen LogP contribution in [0.25, 0.3) is 0 Å². The quantitative estimate of drug-likeness (QED) is 0.890. The van der Waals surface area contributed by atoms with Gasteiger partial charge in [0.15, 0.2) is 0 Å². The number of pyridine rings is 1. The molecule has 19 heavy (non-hydrogen) atoms. The summed E-state index contributed by atoms with van der Waals surface area (Å²) in [4.78, 5) is 18.8. The molecule has 1 fully saturated rings. The number of anilines is 1. The molecule has 2 N–H and O–H groups in total. The van der Waals surface area contributed by atoms with E-state index >= 15 is 0 Å². The number of carbonyl (C=O) groups excluding carboxylic acids is 1. The third kappa shape index (κ3) is 3.46. The Labute approximate surface area is 115 Å². The maximum Gasteiger partial charge on any atom is 0.254 e. The van der Waals surface area contributed by atoms with Crippen LogP contribution in [-0.4, -0.2) is 28.9 Å². The minimum absolute atomic E-state index is 0.0953. The fourth-order valence-corrected chi connectivity index (χ4v) is 2.45. The molecule has 1 aromatic heterocycles. The maximum absolute atomic E-state index is 12.5. The second kappa shape index (κ2) is 6.04. The van der Waals surface area contributed by atoms with Crippen LogP contribution in [0.5, 0.6) is 0 Å². The Morgan fingerprint density at radius 3 is 2.42 bits per heavy atom. The van der Waals surface area contributed by atoms with Gasteiger partial charge in [-0.3, -0.25) is 4.79 Å². The molecule has 2 rings (SSSR count). The van der Waals surface area contributed by atoms with Gasteiger partial charge >= 0.3 is 0 Å². The fraction of sp³-hybridized carbons (Fsp3) is 0.600. The Kier molecular flexibility index (Phi) is 4.40. The van der Waals surface area contributed by atoms with Crippen LogP contribution in [0.2, 0.25) is 0 Å². The zero-order valence-electron chi connectivity index (χ0n) is 11.9. The fourth-order valence-electron chi connectivity index (χ4n) is 2.45. The highest BCUT2D eigenvalue weighted by atomic mass is 16.2. The predicted octanol–water partition coefficient (Wildman–Crippen LogP) is 2.80. The lowest BCUT2D eigenvalue weighted by molar-refractivity contribution is 0.0761. The summed E-state index contributed by atoms with van der Waals surface area (Å²) in [6, 6.07) is 3.58. The average Bonchev–Trinajstić information content (AvgIpc) is 2.65. The monoisotopic (exact) mass is 261 g/mol. The Bertz CT molecular complexity index is 449. The molecule has 0 bridgehead atoms. The van der Waals surface area contributed by atoms with E-state index in [4.69, 9.17) is 5.73 Å². The predicted molar refractivity (Wildman–Crippen MR) is 77.1 cm³/mol. The SMILES string of the molecule is CC(C)c1cc(C(=O)N2CCCCCC2)cc(N)n1. The molecule has 0 aromatic carbocycles. The molecule has 1 amide bonds. The lowest BCUT2D eigenvalue weighted by Gasteiger charge is -2.21. The summed E-state index contributed by atoms with van der Waals surface area (Å²) in [7, 11) is 0. The van der Waals surface area contributed by atoms with E-state index < -0.39 is 0 Å². The molecule has 104 valence electrons. The zero-order chi connectivity index (χ0) is 13.8. The van der Waals surface area contributed by atoms with Gasteiger partial charge in [-0.05, 0) is 30.9 Å². The second-order valence-corrected chi connectivity index (χ2v) is 5.57. The number of rotatable bonds is 2. The van der Waals surface area contributed by atoms with Crippen molar-refractivity contribution in [3.63, 3.8) is 0 Å². The number of nitrogens with zero attached hydrogens (tertiary/aromatic N) is 2. The van der Waals surface area contributed by atoms with Crippen LogP contribution >= 0.6 is 0 Å². The van der Waals surface area contributed by atoms with E-state index in [1.807, 2.05) is 11.0 Å². The number of hydrogen-bond acceptors (Lipinski definition) is 3. The lowest BCUT2D eigenvalue weighted by atomic mass is 10.1. The van der Waals surface area contributed by atoms with Crippen molar-refractivity contribution in [3.8, 4) is 0 Å². The van der Waals surface area contributed by atoms with Crippen LogP contribution in [0.4, 0.5) is 5.82 Å². The van der Waals surface area contributed by atoms with Gasteiger partial charge < -0.3 is 10.6 Å². The molecule has 0 unspecified atom stereocenters. The third-order valence-corrected chi connectivity index (χ3v) is 3.60. The minimum Gasteiger partial charge on any atom is -0.384 e. The standard InChI is InChI=1S/C15H23N3O/c1-11(2)13-9-12(10-14(16)17-13)15(19)18-7-5-3-4-6-8-18/h9-11H,3-8H2,1-2H3,(H2,16,17). The lowest BCUT2D eigenvalue weighted by Crippen LogP contribution is -2.32. The molecule has 1 saturated heterocycles. The van der Waals surface area contributed by atoms with Crippen LogP contribution in [0.3, 0.4) is 0 Å². The first-order valence-electron chi connectivity index (χ1n) is 7.14.